The summed E-state index contributed by atoms with van der Waals surface area (Å²) < 4.78 is 5.41. The highest BCUT2D eigenvalue weighted by Crippen LogP contribution is 2.74. The highest BCUT2D eigenvalue weighted by Gasteiger charge is 2.67. The van der Waals surface area contributed by atoms with Crippen LogP contribution in [0.1, 0.15) is 33.4 Å². The smallest absolute Gasteiger partial charge is 0.164 e. The Labute approximate surface area is 329 Å². The standard InChI is InChI=1S/C51H27N3S2/c1-3-12-28(13-4-1)47-52-48(29-14-5-2-6-15-29)54-49(53-47)31-26-27-37-42-30(31)16-7-17-32(42)50-33-18-8-22-38-43(33)45-35(20-10-24-40(45)55-38)51(37,50)36-21-11-25-41-46(36)44-34(50)19-9-23-39(44)56-41/h1-27H. The van der Waals surface area contributed by atoms with E-state index in [1.165, 1.54) is 84.5 Å². The molecule has 0 amide bonds. The third-order valence-corrected chi connectivity index (χ3v) is 15.3. The Balaban J connectivity index is 1.18. The number of hydrogen-bond donors (Lipinski definition) is 0. The van der Waals surface area contributed by atoms with Crippen molar-refractivity contribution in [3.05, 3.63) is 197 Å². The first-order valence-corrected chi connectivity index (χ1v) is 20.7. The second-order valence-electron chi connectivity index (χ2n) is 15.3. The van der Waals surface area contributed by atoms with Gasteiger partial charge in [0.05, 0.1) is 10.8 Å². The van der Waals surface area contributed by atoms with Crippen molar-refractivity contribution in [1.29, 1.82) is 0 Å². The van der Waals surface area contributed by atoms with Gasteiger partial charge in [-0.25, -0.2) is 15.0 Å². The van der Waals surface area contributed by atoms with E-state index in [2.05, 4.69) is 127 Å². The van der Waals surface area contributed by atoms with Crippen LogP contribution in [0, 0.1) is 0 Å². The topological polar surface area (TPSA) is 38.7 Å². The van der Waals surface area contributed by atoms with E-state index in [0.717, 1.165) is 16.7 Å². The molecule has 0 saturated heterocycles. The molecule has 0 aliphatic heterocycles. The fourth-order valence-corrected chi connectivity index (χ4v) is 13.5. The van der Waals surface area contributed by atoms with Crippen molar-refractivity contribution < 1.29 is 0 Å². The minimum absolute atomic E-state index is 0.513. The van der Waals surface area contributed by atoms with Crippen LogP contribution >= 0.6 is 22.7 Å². The van der Waals surface area contributed by atoms with E-state index < -0.39 is 10.8 Å². The second kappa shape index (κ2) is 10.2. The fourth-order valence-electron chi connectivity index (χ4n) is 11.2. The molecule has 3 aromatic heterocycles. The summed E-state index contributed by atoms with van der Waals surface area (Å²) in [6, 6.07) is 60.6. The number of rotatable bonds is 3. The van der Waals surface area contributed by atoms with Crippen molar-refractivity contribution in [2.45, 2.75) is 10.8 Å². The zero-order chi connectivity index (χ0) is 36.3. The molecule has 0 radical (unpaired) electrons. The Morgan fingerprint density at radius 2 is 0.679 bits per heavy atom. The van der Waals surface area contributed by atoms with Crippen molar-refractivity contribution in [2.75, 3.05) is 0 Å². The van der Waals surface area contributed by atoms with Crippen LogP contribution in [0.4, 0.5) is 0 Å². The molecule has 11 aromatic rings. The van der Waals surface area contributed by atoms with Crippen LogP contribution in [-0.2, 0) is 10.8 Å². The lowest BCUT2D eigenvalue weighted by atomic mass is 9.45. The van der Waals surface area contributed by atoms with E-state index in [1.807, 2.05) is 59.1 Å². The molecule has 0 unspecified atom stereocenters. The van der Waals surface area contributed by atoms with Crippen molar-refractivity contribution >= 4 is 73.8 Å². The maximum absolute atomic E-state index is 5.26. The Hall–Kier alpha value is -6.53. The van der Waals surface area contributed by atoms with Gasteiger partial charge in [-0.2, -0.15) is 0 Å². The van der Waals surface area contributed by atoms with Gasteiger partial charge < -0.3 is 0 Å². The van der Waals surface area contributed by atoms with Crippen LogP contribution in [0.15, 0.2) is 164 Å². The summed E-state index contributed by atoms with van der Waals surface area (Å²) in [6.07, 6.45) is 0. The predicted molar refractivity (Wildman–Crippen MR) is 232 cm³/mol. The van der Waals surface area contributed by atoms with Gasteiger partial charge >= 0.3 is 0 Å². The molecular weight excluding hydrogens is 719 g/mol. The molecule has 3 heterocycles. The van der Waals surface area contributed by atoms with Gasteiger partial charge in [0.1, 0.15) is 0 Å². The van der Waals surface area contributed by atoms with E-state index >= 15 is 0 Å². The van der Waals surface area contributed by atoms with Crippen LogP contribution in [0.25, 0.3) is 85.3 Å². The number of nitrogens with zero attached hydrogens (tertiary/aromatic N) is 3. The molecule has 0 spiro atoms. The van der Waals surface area contributed by atoms with Gasteiger partial charge in [0, 0.05) is 57.0 Å². The summed E-state index contributed by atoms with van der Waals surface area (Å²) in [5.74, 6) is 2.02. The lowest BCUT2D eigenvalue weighted by Gasteiger charge is -2.54. The van der Waals surface area contributed by atoms with E-state index in [1.54, 1.807) is 0 Å². The van der Waals surface area contributed by atoms with Crippen LogP contribution in [-0.4, -0.2) is 15.0 Å². The van der Waals surface area contributed by atoms with Crippen molar-refractivity contribution in [3.63, 3.8) is 0 Å². The van der Waals surface area contributed by atoms with Crippen molar-refractivity contribution in [1.82, 2.24) is 15.0 Å². The Morgan fingerprint density at radius 3 is 1.12 bits per heavy atom. The molecular formula is C51H27N3S2. The molecule has 258 valence electrons. The van der Waals surface area contributed by atoms with Crippen molar-refractivity contribution in [3.8, 4) is 34.2 Å². The highest BCUT2D eigenvalue weighted by molar-refractivity contribution is 7.26. The average molecular weight is 746 g/mol. The third kappa shape index (κ3) is 3.25. The highest BCUT2D eigenvalue weighted by atomic mass is 32.1. The Bertz CT molecular complexity index is 3230. The van der Waals surface area contributed by atoms with Crippen LogP contribution in [0.5, 0.6) is 0 Å². The lowest BCUT2D eigenvalue weighted by Crippen LogP contribution is -2.52. The summed E-state index contributed by atoms with van der Waals surface area (Å²) in [5, 5.41) is 8.10. The molecule has 3 nitrogen and oxygen atoms in total. The minimum Gasteiger partial charge on any atom is -0.208 e. The fraction of sp³-hybridized carbons (Fsp3) is 0.0392. The van der Waals surface area contributed by atoms with E-state index in [4.69, 9.17) is 15.0 Å². The molecule has 0 bridgehead atoms. The number of hydrogen-bond acceptors (Lipinski definition) is 5. The molecule has 8 aromatic carbocycles. The molecule has 0 saturated carbocycles. The first kappa shape index (κ1) is 29.8. The normalized spacial score (nSPS) is 18.5. The molecule has 0 atom stereocenters. The predicted octanol–water partition coefficient (Wildman–Crippen LogP) is 13.1. The number of thiophene rings is 2. The maximum atomic E-state index is 5.26. The summed E-state index contributed by atoms with van der Waals surface area (Å²) in [7, 11) is 0. The SMILES string of the molecule is c1ccc(-c2nc(-c3ccccc3)nc(-c3ccc4c5c(cccc35)C35c6cccc7sc8cccc(c8c67)C43c3cccc4sc6cccc5c6c34)n2)cc1. The largest absolute Gasteiger partial charge is 0.208 e. The summed E-state index contributed by atoms with van der Waals surface area (Å²) in [5.41, 5.74) is 10.3. The second-order valence-corrected chi connectivity index (χ2v) is 17.5. The molecule has 56 heavy (non-hydrogen) atoms. The molecule has 0 fully saturated rings. The van der Waals surface area contributed by atoms with Gasteiger partial charge in [0.15, 0.2) is 17.5 Å². The molecule has 14 rings (SSSR count). The molecule has 3 aliphatic carbocycles. The van der Waals surface area contributed by atoms with E-state index in [-0.39, 0.29) is 0 Å². The van der Waals surface area contributed by atoms with Gasteiger partial charge in [-0.05, 0) is 68.4 Å². The van der Waals surface area contributed by atoms with E-state index in [0.29, 0.717) is 17.5 Å². The zero-order valence-electron chi connectivity index (χ0n) is 29.7. The van der Waals surface area contributed by atoms with Gasteiger partial charge in [0.25, 0.3) is 0 Å². The van der Waals surface area contributed by atoms with Crippen LogP contribution in [0.3, 0.4) is 0 Å². The van der Waals surface area contributed by atoms with Crippen molar-refractivity contribution in [2.24, 2.45) is 0 Å². The first-order valence-electron chi connectivity index (χ1n) is 19.1. The van der Waals surface area contributed by atoms with Gasteiger partial charge in [-0.15, -0.1) is 22.7 Å². The van der Waals surface area contributed by atoms with Crippen LogP contribution in [0.2, 0.25) is 0 Å². The van der Waals surface area contributed by atoms with Gasteiger partial charge in [-0.1, -0.05) is 140 Å². The quantitative estimate of drug-likeness (QED) is 0.181. The van der Waals surface area contributed by atoms with Gasteiger partial charge in [-0.3, -0.25) is 0 Å². The Morgan fingerprint density at radius 1 is 0.304 bits per heavy atom. The van der Waals surface area contributed by atoms with Crippen LogP contribution < -0.4 is 0 Å². The average Bonchev–Trinajstić information content (AvgIpc) is 3.93. The van der Waals surface area contributed by atoms with E-state index in [9.17, 15) is 0 Å². The maximum Gasteiger partial charge on any atom is 0.164 e. The first-order chi connectivity index (χ1) is 27.8. The Kier molecular flexibility index (Phi) is 5.43. The summed E-state index contributed by atoms with van der Waals surface area (Å²) >= 11 is 3.86. The minimum atomic E-state index is -0.513. The lowest BCUT2D eigenvalue weighted by molar-refractivity contribution is 0.447. The van der Waals surface area contributed by atoms with Gasteiger partial charge in [0.2, 0.25) is 0 Å². The third-order valence-electron chi connectivity index (χ3n) is 13.0. The molecule has 3 aliphatic rings. The zero-order valence-corrected chi connectivity index (χ0v) is 31.4. The number of aromatic nitrogens is 3. The summed E-state index contributed by atoms with van der Waals surface area (Å²) in [6.45, 7) is 0. The summed E-state index contributed by atoms with van der Waals surface area (Å²) in [4.78, 5) is 15.6. The molecule has 0 N–H and O–H groups in total. The number of benzene rings is 8. The molecule has 5 heteroatoms. The monoisotopic (exact) mass is 745 g/mol.